The van der Waals surface area contributed by atoms with Gasteiger partial charge in [-0.15, -0.1) is 0 Å². The van der Waals surface area contributed by atoms with Gasteiger partial charge in [-0.05, 0) is 56.5 Å². The molecule has 1 aliphatic carbocycles. The Morgan fingerprint density at radius 2 is 2.00 bits per heavy atom. The van der Waals surface area contributed by atoms with Crippen LogP contribution in [0.15, 0.2) is 24.3 Å². The summed E-state index contributed by atoms with van der Waals surface area (Å²) in [7, 11) is 2.17. The smallest absolute Gasteiger partial charge is 0.123 e. The average Bonchev–Trinajstić information content (AvgIpc) is 2.86. The van der Waals surface area contributed by atoms with Gasteiger partial charge in [-0.1, -0.05) is 25.5 Å². The summed E-state index contributed by atoms with van der Waals surface area (Å²) in [6.45, 7) is 5.37. The minimum Gasteiger partial charge on any atom is -0.314 e. The Kier molecular flexibility index (Phi) is 5.99. The van der Waals surface area contributed by atoms with Crippen LogP contribution in [0, 0.1) is 11.7 Å². The van der Waals surface area contributed by atoms with Crippen LogP contribution in [0.5, 0.6) is 0 Å². The number of benzene rings is 1. The molecule has 2 rings (SSSR count). The van der Waals surface area contributed by atoms with E-state index in [4.69, 9.17) is 0 Å². The first-order valence-electron chi connectivity index (χ1n) is 7.85. The molecule has 0 spiro atoms. The minimum absolute atomic E-state index is 0.156. The van der Waals surface area contributed by atoms with Crippen molar-refractivity contribution in [2.75, 3.05) is 20.1 Å². The van der Waals surface area contributed by atoms with Crippen molar-refractivity contribution in [3.05, 3.63) is 35.6 Å². The van der Waals surface area contributed by atoms with Gasteiger partial charge in [-0.3, -0.25) is 0 Å². The average molecular weight is 278 g/mol. The van der Waals surface area contributed by atoms with Gasteiger partial charge in [0.2, 0.25) is 0 Å². The lowest BCUT2D eigenvalue weighted by Gasteiger charge is -2.26. The van der Waals surface area contributed by atoms with Gasteiger partial charge in [0.25, 0.3) is 0 Å². The molecule has 1 aromatic rings. The third-order valence-electron chi connectivity index (χ3n) is 4.23. The van der Waals surface area contributed by atoms with Crippen LogP contribution in [0.2, 0.25) is 0 Å². The van der Waals surface area contributed by atoms with Crippen molar-refractivity contribution >= 4 is 0 Å². The molecule has 0 radical (unpaired) electrons. The van der Waals surface area contributed by atoms with E-state index in [0.29, 0.717) is 6.04 Å². The molecule has 20 heavy (non-hydrogen) atoms. The van der Waals surface area contributed by atoms with E-state index in [1.165, 1.54) is 31.2 Å². The van der Waals surface area contributed by atoms with E-state index in [2.05, 4.69) is 24.2 Å². The second-order valence-corrected chi connectivity index (χ2v) is 6.07. The third kappa shape index (κ3) is 4.57. The first kappa shape index (κ1) is 15.5. The fraction of sp³-hybridized carbons (Fsp3) is 0.647. The maximum Gasteiger partial charge on any atom is 0.123 e. The molecule has 0 bridgehead atoms. The van der Waals surface area contributed by atoms with Crippen LogP contribution in [0.1, 0.15) is 38.2 Å². The topological polar surface area (TPSA) is 15.3 Å². The maximum atomic E-state index is 12.9. The van der Waals surface area contributed by atoms with Crippen molar-refractivity contribution in [1.29, 1.82) is 0 Å². The molecule has 1 aromatic carbocycles. The molecule has 1 saturated carbocycles. The molecule has 2 nitrogen and oxygen atoms in total. The number of hydrogen-bond acceptors (Lipinski definition) is 2. The Hall–Kier alpha value is -0.930. The van der Waals surface area contributed by atoms with Crippen molar-refractivity contribution in [2.24, 2.45) is 5.92 Å². The van der Waals surface area contributed by atoms with E-state index >= 15 is 0 Å². The van der Waals surface area contributed by atoms with Crippen LogP contribution in [0.25, 0.3) is 0 Å². The molecule has 0 amide bonds. The molecule has 1 aliphatic rings. The van der Waals surface area contributed by atoms with Crippen LogP contribution in [-0.4, -0.2) is 31.1 Å². The Labute approximate surface area is 122 Å². The fourth-order valence-corrected chi connectivity index (χ4v) is 3.22. The first-order valence-corrected chi connectivity index (χ1v) is 7.85. The van der Waals surface area contributed by atoms with Crippen LogP contribution < -0.4 is 5.32 Å². The molecular formula is C17H27FN2. The summed E-state index contributed by atoms with van der Waals surface area (Å²) in [5, 5.41) is 3.68. The highest BCUT2D eigenvalue weighted by Crippen LogP contribution is 2.26. The van der Waals surface area contributed by atoms with E-state index in [1.807, 2.05) is 12.1 Å². The van der Waals surface area contributed by atoms with Gasteiger partial charge in [-0.2, -0.15) is 0 Å². The number of halogens is 1. The quantitative estimate of drug-likeness (QED) is 0.822. The summed E-state index contributed by atoms with van der Waals surface area (Å²) in [6, 6.07) is 7.54. The van der Waals surface area contributed by atoms with Gasteiger partial charge >= 0.3 is 0 Å². The van der Waals surface area contributed by atoms with E-state index in [-0.39, 0.29) is 5.82 Å². The van der Waals surface area contributed by atoms with Crippen LogP contribution in [-0.2, 0) is 6.54 Å². The summed E-state index contributed by atoms with van der Waals surface area (Å²) in [4.78, 5) is 2.36. The Balaban J connectivity index is 1.81. The van der Waals surface area contributed by atoms with E-state index in [0.717, 1.165) is 25.6 Å². The molecule has 2 unspecified atom stereocenters. The molecule has 0 aromatic heterocycles. The lowest BCUT2D eigenvalue weighted by Crippen LogP contribution is -2.38. The van der Waals surface area contributed by atoms with Crippen LogP contribution >= 0.6 is 0 Å². The minimum atomic E-state index is -0.156. The Morgan fingerprint density at radius 1 is 1.25 bits per heavy atom. The molecule has 0 saturated heterocycles. The first-order chi connectivity index (χ1) is 9.69. The fourth-order valence-electron chi connectivity index (χ4n) is 3.22. The van der Waals surface area contributed by atoms with Crippen LogP contribution in [0.4, 0.5) is 4.39 Å². The normalized spacial score (nSPS) is 22.6. The van der Waals surface area contributed by atoms with Gasteiger partial charge in [0, 0.05) is 19.1 Å². The summed E-state index contributed by atoms with van der Waals surface area (Å²) in [6.07, 6.45) is 5.19. The zero-order valence-electron chi connectivity index (χ0n) is 12.7. The molecular weight excluding hydrogens is 251 g/mol. The van der Waals surface area contributed by atoms with Gasteiger partial charge in [0.05, 0.1) is 0 Å². The lowest BCUT2D eigenvalue weighted by molar-refractivity contribution is 0.245. The second kappa shape index (κ2) is 7.75. The number of rotatable bonds is 7. The predicted octanol–water partition coefficient (Wildman–Crippen LogP) is 3.43. The summed E-state index contributed by atoms with van der Waals surface area (Å²) >= 11 is 0. The maximum absolute atomic E-state index is 12.9. The Morgan fingerprint density at radius 3 is 2.70 bits per heavy atom. The van der Waals surface area contributed by atoms with Gasteiger partial charge < -0.3 is 10.2 Å². The van der Waals surface area contributed by atoms with Crippen molar-refractivity contribution in [2.45, 2.75) is 45.2 Å². The van der Waals surface area contributed by atoms with Crippen molar-refractivity contribution in [3.8, 4) is 0 Å². The molecule has 1 fully saturated rings. The lowest BCUT2D eigenvalue weighted by atomic mass is 10.0. The summed E-state index contributed by atoms with van der Waals surface area (Å²) < 4.78 is 12.9. The monoisotopic (exact) mass is 278 g/mol. The number of hydrogen-bond donors (Lipinski definition) is 1. The Bertz CT molecular complexity index is 390. The van der Waals surface area contributed by atoms with E-state index < -0.39 is 0 Å². The summed E-state index contributed by atoms with van der Waals surface area (Å²) in [5.74, 6) is 0.600. The van der Waals surface area contributed by atoms with Crippen molar-refractivity contribution in [1.82, 2.24) is 10.2 Å². The number of nitrogens with zero attached hydrogens (tertiary/aromatic N) is 1. The zero-order valence-corrected chi connectivity index (χ0v) is 12.7. The van der Waals surface area contributed by atoms with Gasteiger partial charge in [0.1, 0.15) is 5.82 Å². The van der Waals surface area contributed by atoms with Crippen LogP contribution in [0.3, 0.4) is 0 Å². The van der Waals surface area contributed by atoms with Gasteiger partial charge in [0.15, 0.2) is 0 Å². The number of nitrogens with one attached hydrogen (secondary N) is 1. The zero-order chi connectivity index (χ0) is 14.4. The SMILES string of the molecule is CCCNC1CCCC1CN(C)Cc1ccc(F)cc1. The van der Waals surface area contributed by atoms with Gasteiger partial charge in [-0.25, -0.2) is 4.39 Å². The standard InChI is InChI=1S/C17H27FN2/c1-3-11-19-17-6-4-5-15(17)13-20(2)12-14-7-9-16(18)10-8-14/h7-10,15,17,19H,3-6,11-13H2,1-2H3. The van der Waals surface area contributed by atoms with E-state index in [1.54, 1.807) is 12.1 Å². The molecule has 3 heteroatoms. The van der Waals surface area contributed by atoms with Crippen molar-refractivity contribution in [3.63, 3.8) is 0 Å². The molecule has 112 valence electrons. The molecule has 1 N–H and O–H groups in total. The largest absolute Gasteiger partial charge is 0.314 e. The third-order valence-corrected chi connectivity index (χ3v) is 4.23. The predicted molar refractivity (Wildman–Crippen MR) is 82.2 cm³/mol. The highest BCUT2D eigenvalue weighted by Gasteiger charge is 2.27. The van der Waals surface area contributed by atoms with Crippen molar-refractivity contribution < 1.29 is 4.39 Å². The molecule has 2 atom stereocenters. The molecule has 0 heterocycles. The second-order valence-electron chi connectivity index (χ2n) is 6.07. The molecule has 0 aliphatic heterocycles. The van der Waals surface area contributed by atoms with E-state index in [9.17, 15) is 4.39 Å². The summed E-state index contributed by atoms with van der Waals surface area (Å²) in [5.41, 5.74) is 1.19. The highest BCUT2D eigenvalue weighted by molar-refractivity contribution is 5.15. The highest BCUT2D eigenvalue weighted by atomic mass is 19.1.